The van der Waals surface area contributed by atoms with E-state index in [9.17, 15) is 25.2 Å². The summed E-state index contributed by atoms with van der Waals surface area (Å²) in [5, 5.41) is 46.7. The molecule has 1 saturated carbocycles. The predicted molar refractivity (Wildman–Crippen MR) is 228 cm³/mol. The number of aliphatic hydroxyl groups excluding tert-OH is 1. The Morgan fingerprint density at radius 3 is 2.34 bits per heavy atom. The summed E-state index contributed by atoms with van der Waals surface area (Å²) in [5.74, 6) is -0.228. The van der Waals surface area contributed by atoms with E-state index in [1.165, 1.54) is 17.5 Å². The molecule has 1 aromatic heterocycles. The molecule has 0 saturated heterocycles. The maximum absolute atomic E-state index is 14.6. The third kappa shape index (κ3) is 9.51. The number of methoxy groups -OCH3 is 1. The number of aromatic amines is 1. The van der Waals surface area contributed by atoms with Crippen LogP contribution in [-0.2, 0) is 36.9 Å². The zero-order valence-electron chi connectivity index (χ0n) is 33.5. The Kier molecular flexibility index (Phi) is 13.0. The summed E-state index contributed by atoms with van der Waals surface area (Å²) in [7, 11) is 1.57. The van der Waals surface area contributed by atoms with Crippen LogP contribution in [0.15, 0.2) is 109 Å². The number of benzene rings is 5. The molecule has 0 unspecified atom stereocenters. The molecule has 0 bridgehead atoms. The van der Waals surface area contributed by atoms with Gasteiger partial charge in [0.25, 0.3) is 0 Å². The van der Waals surface area contributed by atoms with Crippen LogP contribution in [0, 0.1) is 5.92 Å². The van der Waals surface area contributed by atoms with Gasteiger partial charge in [0.15, 0.2) is 23.0 Å². The minimum atomic E-state index is -1.02. The number of carbonyl (C=O) groups is 1. The summed E-state index contributed by atoms with van der Waals surface area (Å²) in [5.41, 5.74) is 6.62. The number of nitrogens with one attached hydrogen (secondary N) is 1. The van der Waals surface area contributed by atoms with Crippen molar-refractivity contribution >= 4 is 16.6 Å². The molecule has 1 aliphatic rings. The van der Waals surface area contributed by atoms with Gasteiger partial charge in [-0.05, 0) is 138 Å². The van der Waals surface area contributed by atoms with Crippen LogP contribution in [0.1, 0.15) is 90.3 Å². The largest absolute Gasteiger partial charge is 0.508 e. The number of fused-ring (bicyclic) bond motifs is 1. The lowest BCUT2D eigenvalue weighted by Gasteiger charge is -2.27. The van der Waals surface area contributed by atoms with Gasteiger partial charge in [0.1, 0.15) is 11.5 Å². The molecule has 8 heteroatoms. The van der Waals surface area contributed by atoms with E-state index in [0.29, 0.717) is 42.7 Å². The molecule has 5 aromatic carbocycles. The van der Waals surface area contributed by atoms with Gasteiger partial charge in [-0.3, -0.25) is 4.79 Å². The van der Waals surface area contributed by atoms with Gasteiger partial charge in [0.2, 0.25) is 0 Å². The molecular weight excluding hydrogens is 727 g/mol. The first kappa shape index (κ1) is 40.5. The minimum absolute atomic E-state index is 0.0420. The van der Waals surface area contributed by atoms with Crippen molar-refractivity contribution in [3.63, 3.8) is 0 Å². The molecule has 5 N–H and O–H groups in total. The van der Waals surface area contributed by atoms with Gasteiger partial charge in [-0.2, -0.15) is 0 Å². The van der Waals surface area contributed by atoms with Crippen molar-refractivity contribution in [2.45, 2.75) is 95.7 Å². The quantitative estimate of drug-likeness (QED) is 0.0623. The minimum Gasteiger partial charge on any atom is -0.508 e. The van der Waals surface area contributed by atoms with Gasteiger partial charge in [0, 0.05) is 36.7 Å². The number of phenolic OH excluding ortho intramolecular Hbond substituents is 3. The number of aromatic hydroxyl groups is 3. The van der Waals surface area contributed by atoms with Crippen molar-refractivity contribution in [2.24, 2.45) is 5.92 Å². The van der Waals surface area contributed by atoms with Gasteiger partial charge >= 0.3 is 0 Å². The zero-order chi connectivity index (χ0) is 40.6. The summed E-state index contributed by atoms with van der Waals surface area (Å²) in [4.78, 5) is 17.7. The Bertz CT molecular complexity index is 2310. The van der Waals surface area contributed by atoms with E-state index in [-0.39, 0.29) is 41.5 Å². The Labute approximate surface area is 341 Å². The molecule has 6 aromatic rings. The van der Waals surface area contributed by atoms with E-state index in [4.69, 9.17) is 9.47 Å². The van der Waals surface area contributed by atoms with Gasteiger partial charge in [0.05, 0.1) is 19.3 Å². The summed E-state index contributed by atoms with van der Waals surface area (Å²) in [6.45, 7) is 2.14. The average molecular weight is 782 g/mol. The second-order valence-electron chi connectivity index (χ2n) is 15.9. The van der Waals surface area contributed by atoms with Crippen LogP contribution < -0.4 is 9.47 Å². The van der Waals surface area contributed by atoms with Gasteiger partial charge in [-0.25, -0.2) is 0 Å². The summed E-state index contributed by atoms with van der Waals surface area (Å²) in [6, 6.07) is 30.2. The number of ketones is 1. The van der Waals surface area contributed by atoms with E-state index in [2.05, 4.69) is 36.2 Å². The highest BCUT2D eigenvalue weighted by Crippen LogP contribution is 2.39. The average Bonchev–Trinajstić information content (AvgIpc) is 3.75. The normalized spacial score (nSPS) is 14.9. The molecule has 0 spiro atoms. The van der Waals surface area contributed by atoms with Gasteiger partial charge < -0.3 is 34.9 Å². The Balaban J connectivity index is 1.19. The number of aryl methyl sites for hydroxylation is 1. The van der Waals surface area contributed by atoms with Crippen LogP contribution in [0.4, 0.5) is 0 Å². The summed E-state index contributed by atoms with van der Waals surface area (Å²) >= 11 is 0. The Morgan fingerprint density at radius 1 is 0.793 bits per heavy atom. The maximum atomic E-state index is 14.6. The lowest BCUT2D eigenvalue weighted by molar-refractivity contribution is -0.123. The number of carbonyl (C=O) groups excluding carboxylic acids is 1. The first-order chi connectivity index (χ1) is 28.2. The Hall–Kier alpha value is -5.73. The van der Waals surface area contributed by atoms with Crippen molar-refractivity contribution in [3.05, 3.63) is 148 Å². The van der Waals surface area contributed by atoms with Crippen molar-refractivity contribution in [1.29, 1.82) is 0 Å². The molecule has 1 fully saturated rings. The van der Waals surface area contributed by atoms with Crippen LogP contribution >= 0.6 is 0 Å². The van der Waals surface area contributed by atoms with Gasteiger partial charge in [-0.1, -0.05) is 74.0 Å². The summed E-state index contributed by atoms with van der Waals surface area (Å²) < 4.78 is 12.1. The highest BCUT2D eigenvalue weighted by Gasteiger charge is 2.30. The molecular formula is C50H55NO7. The standard InChI is InChI=1S/C50H55NO7/c1-3-34-17-18-35-10-7-8-15-41(35)42(34)29-44-37(19-21-46(54)50(44)57-2)27-38(24-33-22-23-51-31-33)47(55)30-48(56)43(36-11-9-12-39(52)28-36)25-32-16-20-45(53)49(26-32)58-40-13-5-4-6-14-40/h7-12,15-23,26,28,31,38,40,43,47,51-55H,3-6,13-14,24-25,27,29-30H2,1-2H3/t38-,43+,47+/m0/s1. The van der Waals surface area contributed by atoms with E-state index in [0.717, 1.165) is 65.1 Å². The SMILES string of the molecule is CCc1ccc2ccccc2c1Cc1c(C[C@H](Cc2cc[nH]c2)[C@H](O)CC(=O)[C@H](Cc2ccc(O)c(OC3CCCCC3)c2)c2cccc(O)c2)ccc(O)c1OC. The number of aliphatic hydroxyl groups is 1. The molecule has 302 valence electrons. The highest BCUT2D eigenvalue weighted by atomic mass is 16.5. The van der Waals surface area contributed by atoms with E-state index >= 15 is 0 Å². The number of H-pyrrole nitrogens is 1. The van der Waals surface area contributed by atoms with E-state index in [1.54, 1.807) is 43.5 Å². The number of rotatable bonds is 17. The van der Waals surface area contributed by atoms with Crippen LogP contribution in [-0.4, -0.2) is 50.5 Å². The predicted octanol–water partition coefficient (Wildman–Crippen LogP) is 9.91. The fourth-order valence-electron chi connectivity index (χ4n) is 8.83. The monoisotopic (exact) mass is 781 g/mol. The lowest BCUT2D eigenvalue weighted by Crippen LogP contribution is -2.30. The maximum Gasteiger partial charge on any atom is 0.164 e. The van der Waals surface area contributed by atoms with Crippen LogP contribution in [0.3, 0.4) is 0 Å². The topological polar surface area (TPSA) is 132 Å². The number of aromatic nitrogens is 1. The fraction of sp³-hybridized carbons (Fsp3) is 0.340. The highest BCUT2D eigenvalue weighted by molar-refractivity contribution is 5.88. The second-order valence-corrected chi connectivity index (χ2v) is 15.9. The molecule has 0 amide bonds. The number of hydrogen-bond donors (Lipinski definition) is 5. The van der Waals surface area contributed by atoms with E-state index in [1.807, 2.05) is 48.8 Å². The first-order valence-electron chi connectivity index (χ1n) is 20.7. The van der Waals surface area contributed by atoms with Crippen molar-refractivity contribution in [3.8, 4) is 28.7 Å². The number of phenols is 3. The van der Waals surface area contributed by atoms with Crippen LogP contribution in [0.5, 0.6) is 28.7 Å². The third-order valence-corrected chi connectivity index (χ3v) is 12.0. The molecule has 58 heavy (non-hydrogen) atoms. The number of ether oxygens (including phenoxy) is 2. The molecule has 0 radical (unpaired) electrons. The number of Topliss-reactive ketones (excluding diaryl/α,β-unsaturated/α-hetero) is 1. The smallest absolute Gasteiger partial charge is 0.164 e. The zero-order valence-corrected chi connectivity index (χ0v) is 33.5. The van der Waals surface area contributed by atoms with Crippen LogP contribution in [0.25, 0.3) is 10.8 Å². The van der Waals surface area contributed by atoms with Crippen molar-refractivity contribution in [2.75, 3.05) is 7.11 Å². The van der Waals surface area contributed by atoms with Gasteiger partial charge in [-0.15, -0.1) is 0 Å². The molecule has 1 heterocycles. The van der Waals surface area contributed by atoms with E-state index < -0.39 is 12.0 Å². The number of hydrogen-bond acceptors (Lipinski definition) is 7. The molecule has 0 aliphatic heterocycles. The first-order valence-corrected chi connectivity index (χ1v) is 20.7. The molecule has 3 atom stereocenters. The fourth-order valence-corrected chi connectivity index (χ4v) is 8.83. The molecule has 1 aliphatic carbocycles. The van der Waals surface area contributed by atoms with Crippen LogP contribution in [0.2, 0.25) is 0 Å². The Morgan fingerprint density at radius 2 is 1.59 bits per heavy atom. The third-order valence-electron chi connectivity index (χ3n) is 12.0. The van der Waals surface area contributed by atoms with Crippen molar-refractivity contribution in [1.82, 2.24) is 4.98 Å². The molecule has 7 rings (SSSR count). The second kappa shape index (κ2) is 18.7. The van der Waals surface area contributed by atoms with Crippen molar-refractivity contribution < 1.29 is 34.7 Å². The lowest BCUT2D eigenvalue weighted by atomic mass is 9.80. The summed E-state index contributed by atoms with van der Waals surface area (Å²) in [6.07, 6.45) is 10.5. The molecule has 8 nitrogen and oxygen atoms in total.